The number of hydrogen-bond acceptors (Lipinski definition) is 10. The first-order chi connectivity index (χ1) is 25.2. The third-order valence-corrected chi connectivity index (χ3v) is 11.5. The number of aromatic nitrogens is 6. The van der Waals surface area contributed by atoms with Gasteiger partial charge in [-0.25, -0.2) is 15.0 Å². The lowest BCUT2D eigenvalue weighted by atomic mass is 9.71. The zero-order valence-electron chi connectivity index (χ0n) is 29.6. The number of carbonyl (C=O) groups excluding carboxylic acids is 3. The van der Waals surface area contributed by atoms with Crippen LogP contribution in [0.5, 0.6) is 0 Å². The molecule has 1 atom stereocenters. The maximum Gasteiger partial charge on any atom is 0.270 e. The molecule has 0 unspecified atom stereocenters. The Morgan fingerprint density at radius 2 is 1.75 bits per heavy atom. The van der Waals surface area contributed by atoms with E-state index in [0.29, 0.717) is 41.4 Å². The van der Waals surface area contributed by atoms with Crippen molar-refractivity contribution in [1.29, 1.82) is 0 Å². The lowest BCUT2D eigenvalue weighted by molar-refractivity contribution is -0.134. The second kappa shape index (κ2) is 12.6. The van der Waals surface area contributed by atoms with Gasteiger partial charge in [0.1, 0.15) is 22.8 Å². The summed E-state index contributed by atoms with van der Waals surface area (Å²) >= 11 is 0. The van der Waals surface area contributed by atoms with Gasteiger partial charge < -0.3 is 29.0 Å². The molecule has 5 aromatic heterocycles. The molecule has 14 nitrogen and oxygen atoms in total. The molecule has 8 heterocycles. The van der Waals surface area contributed by atoms with Crippen LogP contribution in [0.3, 0.4) is 0 Å². The minimum absolute atomic E-state index is 0.0225. The first kappa shape index (κ1) is 32.4. The van der Waals surface area contributed by atoms with Crippen molar-refractivity contribution in [2.45, 2.75) is 63.3 Å². The molecule has 3 aliphatic heterocycles. The third-order valence-electron chi connectivity index (χ3n) is 11.5. The Labute approximate surface area is 301 Å². The largest absolute Gasteiger partial charge is 0.370 e. The molecule has 3 amide bonds. The second-order valence-electron chi connectivity index (χ2n) is 15.2. The van der Waals surface area contributed by atoms with Crippen LogP contribution in [0.1, 0.15) is 79.5 Å². The van der Waals surface area contributed by atoms with Crippen molar-refractivity contribution in [3.63, 3.8) is 0 Å². The van der Waals surface area contributed by atoms with Gasteiger partial charge in [-0.15, -0.1) is 0 Å². The Morgan fingerprint density at radius 1 is 0.942 bits per heavy atom. The Hall–Kier alpha value is -5.53. The average Bonchev–Trinajstić information content (AvgIpc) is 3.89. The van der Waals surface area contributed by atoms with Crippen LogP contribution in [0.4, 0.5) is 23.1 Å². The highest BCUT2D eigenvalue weighted by Gasteiger charge is 2.45. The summed E-state index contributed by atoms with van der Waals surface area (Å²) in [4.78, 5) is 62.4. The molecule has 0 bridgehead atoms. The number of rotatable bonds is 7. The standard InChI is InChI=1S/C38H43N11O3/c1-45(2)36(52)30-17-24-19-40-37(44-34(24)49(30)25-5-3-4-6-25)42-31-9-7-27(20-39-31)46-15-12-38(13-16-46)22-48(23-38)26-11-14-47-21-29(41-32(47)18-26)28-8-10-33(50)43-35(28)51/h7,9,11,14,17-21,25,28H,3-6,8,10,12-13,15-16,22-23H2,1-2H3,(H,43,50,51)(H,39,40,42,44)/t28-/m0/s1. The van der Waals surface area contributed by atoms with Crippen LogP contribution < -0.4 is 20.4 Å². The molecule has 0 radical (unpaired) electrons. The van der Waals surface area contributed by atoms with Gasteiger partial charge in [0.25, 0.3) is 5.91 Å². The number of anilines is 4. The molecule has 2 N–H and O–H groups in total. The summed E-state index contributed by atoms with van der Waals surface area (Å²) in [7, 11) is 3.57. The number of nitrogens with zero attached hydrogens (tertiary/aromatic N) is 9. The molecule has 52 heavy (non-hydrogen) atoms. The highest BCUT2D eigenvalue weighted by atomic mass is 16.2. The van der Waals surface area contributed by atoms with Crippen molar-refractivity contribution < 1.29 is 14.4 Å². The van der Waals surface area contributed by atoms with E-state index in [1.54, 1.807) is 25.2 Å². The van der Waals surface area contributed by atoms with E-state index in [-0.39, 0.29) is 29.7 Å². The van der Waals surface area contributed by atoms with E-state index in [0.717, 1.165) is 92.8 Å². The zero-order valence-corrected chi connectivity index (χ0v) is 29.6. The molecule has 268 valence electrons. The number of fused-ring (bicyclic) bond motifs is 2. The maximum absolute atomic E-state index is 13.1. The highest BCUT2D eigenvalue weighted by Crippen LogP contribution is 2.44. The molecular formula is C38H43N11O3. The van der Waals surface area contributed by atoms with E-state index in [2.05, 4.69) is 48.2 Å². The number of nitrogens with one attached hydrogen (secondary N) is 2. The second-order valence-corrected chi connectivity index (χ2v) is 15.2. The molecule has 1 saturated carbocycles. The normalized spacial score (nSPS) is 20.5. The Balaban J connectivity index is 0.822. The Bertz CT molecular complexity index is 2180. The van der Waals surface area contributed by atoms with Crippen LogP contribution in [0.25, 0.3) is 16.7 Å². The van der Waals surface area contributed by atoms with Crippen molar-refractivity contribution in [2.24, 2.45) is 5.41 Å². The van der Waals surface area contributed by atoms with Crippen LogP contribution in [-0.4, -0.2) is 91.8 Å². The molecule has 4 fully saturated rings. The van der Waals surface area contributed by atoms with Gasteiger partial charge in [-0.2, -0.15) is 4.98 Å². The van der Waals surface area contributed by atoms with E-state index < -0.39 is 0 Å². The number of hydrogen-bond donors (Lipinski definition) is 2. The number of amides is 3. The van der Waals surface area contributed by atoms with Crippen molar-refractivity contribution in [1.82, 2.24) is 39.1 Å². The lowest BCUT2D eigenvalue weighted by Crippen LogP contribution is -2.60. The zero-order chi connectivity index (χ0) is 35.6. The summed E-state index contributed by atoms with van der Waals surface area (Å²) in [6.07, 6.45) is 15.1. The van der Waals surface area contributed by atoms with Crippen molar-refractivity contribution in [3.05, 3.63) is 66.5 Å². The van der Waals surface area contributed by atoms with Gasteiger partial charge in [0.2, 0.25) is 17.8 Å². The van der Waals surface area contributed by atoms with Gasteiger partial charge in [-0.3, -0.25) is 19.7 Å². The van der Waals surface area contributed by atoms with Crippen LogP contribution >= 0.6 is 0 Å². The number of carbonyl (C=O) groups is 3. The first-order valence-electron chi connectivity index (χ1n) is 18.4. The van der Waals surface area contributed by atoms with Crippen LogP contribution in [0, 0.1) is 5.41 Å². The molecule has 0 aromatic carbocycles. The van der Waals surface area contributed by atoms with E-state index in [4.69, 9.17) is 15.0 Å². The molecule has 9 rings (SSSR count). The molecule has 1 aliphatic carbocycles. The van der Waals surface area contributed by atoms with Gasteiger partial charge in [0.15, 0.2) is 0 Å². The minimum Gasteiger partial charge on any atom is -0.370 e. The van der Waals surface area contributed by atoms with E-state index in [1.165, 1.54) is 0 Å². The van der Waals surface area contributed by atoms with Crippen LogP contribution in [0.2, 0.25) is 0 Å². The predicted molar refractivity (Wildman–Crippen MR) is 197 cm³/mol. The smallest absolute Gasteiger partial charge is 0.270 e. The van der Waals surface area contributed by atoms with Crippen molar-refractivity contribution in [2.75, 3.05) is 55.4 Å². The fourth-order valence-corrected chi connectivity index (χ4v) is 8.59. The molecule has 14 heteroatoms. The summed E-state index contributed by atoms with van der Waals surface area (Å²) in [5, 5.41) is 6.59. The van der Waals surface area contributed by atoms with Crippen LogP contribution in [-0.2, 0) is 9.59 Å². The van der Waals surface area contributed by atoms with E-state index in [9.17, 15) is 14.4 Å². The van der Waals surface area contributed by atoms with Crippen molar-refractivity contribution >= 4 is 57.5 Å². The molecule has 5 aromatic rings. The number of imidazole rings is 1. The number of piperidine rings is 2. The van der Waals surface area contributed by atoms with Gasteiger partial charge in [-0.05, 0) is 56.4 Å². The van der Waals surface area contributed by atoms with Crippen LogP contribution in [0.15, 0.2) is 55.1 Å². The van der Waals surface area contributed by atoms with Gasteiger partial charge in [-0.1, -0.05) is 12.8 Å². The number of imide groups is 1. The maximum atomic E-state index is 13.1. The summed E-state index contributed by atoms with van der Waals surface area (Å²) < 4.78 is 4.08. The third kappa shape index (κ3) is 5.79. The molecular weight excluding hydrogens is 658 g/mol. The predicted octanol–water partition coefficient (Wildman–Crippen LogP) is 4.66. The topological polar surface area (TPSA) is 146 Å². The number of pyridine rings is 2. The molecule has 1 spiro atoms. The fourth-order valence-electron chi connectivity index (χ4n) is 8.59. The van der Waals surface area contributed by atoms with Gasteiger partial charge in [0, 0.05) is 93.9 Å². The quantitative estimate of drug-likeness (QED) is 0.230. The fraction of sp³-hybridized carbons (Fsp3) is 0.447. The lowest BCUT2D eigenvalue weighted by Gasteiger charge is -2.55. The molecule has 4 aliphatic rings. The Kier molecular flexibility index (Phi) is 7.85. The first-order valence-corrected chi connectivity index (χ1v) is 18.4. The minimum atomic E-state index is -0.388. The van der Waals surface area contributed by atoms with E-state index >= 15 is 0 Å². The van der Waals surface area contributed by atoms with E-state index in [1.807, 2.05) is 35.1 Å². The average molecular weight is 702 g/mol. The highest BCUT2D eigenvalue weighted by molar-refractivity contribution is 6.01. The summed E-state index contributed by atoms with van der Waals surface area (Å²) in [5.41, 5.74) is 5.52. The SMILES string of the molecule is CN(C)C(=O)c1cc2cnc(Nc3ccc(N4CCC5(CC4)CN(c4ccn6cc([C@@H]7CCC(=O)NC7=O)nc6c4)C5)cn3)nc2n1C1CCCC1. The van der Waals surface area contributed by atoms with Crippen molar-refractivity contribution in [3.8, 4) is 0 Å². The van der Waals surface area contributed by atoms with Gasteiger partial charge in [0.05, 0.1) is 23.5 Å². The summed E-state index contributed by atoms with van der Waals surface area (Å²) in [6.45, 7) is 3.97. The van der Waals surface area contributed by atoms with Gasteiger partial charge >= 0.3 is 0 Å². The summed E-state index contributed by atoms with van der Waals surface area (Å²) in [5.74, 6) is 0.251. The Morgan fingerprint density at radius 3 is 2.48 bits per heavy atom. The monoisotopic (exact) mass is 701 g/mol. The molecule has 3 saturated heterocycles. The summed E-state index contributed by atoms with van der Waals surface area (Å²) in [6, 6.07) is 10.5.